The first-order valence-electron chi connectivity index (χ1n) is 5.38. The van der Waals surface area contributed by atoms with Crippen molar-refractivity contribution in [1.29, 1.82) is 0 Å². The van der Waals surface area contributed by atoms with Gasteiger partial charge in [0.05, 0.1) is 16.6 Å². The predicted octanol–water partition coefficient (Wildman–Crippen LogP) is 0.717. The van der Waals surface area contributed by atoms with E-state index in [1.807, 2.05) is 0 Å². The van der Waals surface area contributed by atoms with Crippen LogP contribution in [-0.4, -0.2) is 31.7 Å². The van der Waals surface area contributed by atoms with Gasteiger partial charge in [0.25, 0.3) is 11.6 Å². The molecule has 0 aliphatic heterocycles. The van der Waals surface area contributed by atoms with Crippen LogP contribution in [0.3, 0.4) is 0 Å². The molecular formula is C11H7FN4O5. The van der Waals surface area contributed by atoms with Crippen LogP contribution in [0.5, 0.6) is 0 Å². The quantitative estimate of drug-likeness (QED) is 0.628. The molecule has 2 rings (SSSR count). The number of aromatic nitrogens is 2. The molecule has 0 spiro atoms. The molecule has 0 saturated carbocycles. The maximum atomic E-state index is 13.5. The van der Waals surface area contributed by atoms with Crippen molar-refractivity contribution >= 4 is 17.6 Å². The Bertz CT molecular complexity index is 770. The normalized spacial score (nSPS) is 10.3. The maximum Gasteiger partial charge on any atom is 0.338 e. The van der Waals surface area contributed by atoms with Crippen molar-refractivity contribution in [2.24, 2.45) is 5.73 Å². The van der Waals surface area contributed by atoms with Crippen LogP contribution in [0, 0.1) is 15.9 Å². The van der Waals surface area contributed by atoms with E-state index in [-0.39, 0.29) is 11.4 Å². The molecule has 0 saturated heterocycles. The number of carbonyl (C=O) groups excluding carboxylic acids is 1. The Kier molecular flexibility index (Phi) is 3.36. The molecule has 0 aliphatic carbocycles. The van der Waals surface area contributed by atoms with E-state index in [4.69, 9.17) is 10.8 Å². The zero-order valence-corrected chi connectivity index (χ0v) is 10.2. The van der Waals surface area contributed by atoms with Gasteiger partial charge >= 0.3 is 5.97 Å². The van der Waals surface area contributed by atoms with Gasteiger partial charge in [-0.1, -0.05) is 0 Å². The molecule has 2 aromatic rings. The van der Waals surface area contributed by atoms with Crippen LogP contribution in [0.25, 0.3) is 5.69 Å². The number of carbonyl (C=O) groups is 2. The summed E-state index contributed by atoms with van der Waals surface area (Å²) in [6.45, 7) is 0. The highest BCUT2D eigenvalue weighted by Crippen LogP contribution is 2.26. The first-order chi connectivity index (χ1) is 9.81. The first kappa shape index (κ1) is 14.1. The van der Waals surface area contributed by atoms with E-state index in [0.29, 0.717) is 6.07 Å². The average Bonchev–Trinajstić information content (AvgIpc) is 2.87. The van der Waals surface area contributed by atoms with Gasteiger partial charge in [0, 0.05) is 6.20 Å². The third-order valence-corrected chi connectivity index (χ3v) is 2.58. The van der Waals surface area contributed by atoms with Crippen LogP contribution >= 0.6 is 0 Å². The number of carboxylic acids is 1. The highest BCUT2D eigenvalue weighted by atomic mass is 19.1. The van der Waals surface area contributed by atoms with Gasteiger partial charge in [-0.2, -0.15) is 5.10 Å². The molecule has 0 aliphatic rings. The van der Waals surface area contributed by atoms with Crippen LogP contribution < -0.4 is 5.73 Å². The van der Waals surface area contributed by atoms with Gasteiger partial charge in [-0.3, -0.25) is 14.9 Å². The van der Waals surface area contributed by atoms with Crippen LogP contribution in [0.15, 0.2) is 24.4 Å². The lowest BCUT2D eigenvalue weighted by atomic mass is 10.1. The molecule has 1 aromatic carbocycles. The predicted molar refractivity (Wildman–Crippen MR) is 65.7 cm³/mol. The Morgan fingerprint density at radius 2 is 2.10 bits per heavy atom. The molecular weight excluding hydrogens is 287 g/mol. The van der Waals surface area contributed by atoms with Gasteiger partial charge in [-0.05, 0) is 12.1 Å². The zero-order chi connectivity index (χ0) is 15.7. The number of primary amides is 1. The fraction of sp³-hybridized carbons (Fsp3) is 0. The lowest BCUT2D eigenvalue weighted by Crippen LogP contribution is -2.13. The summed E-state index contributed by atoms with van der Waals surface area (Å²) in [5, 5.41) is 23.4. The number of rotatable bonds is 4. The molecule has 0 atom stereocenters. The third kappa shape index (κ3) is 2.54. The fourth-order valence-electron chi connectivity index (χ4n) is 1.63. The molecule has 108 valence electrons. The molecule has 1 amide bonds. The van der Waals surface area contributed by atoms with Crippen LogP contribution in [0.1, 0.15) is 20.8 Å². The van der Waals surface area contributed by atoms with Crippen LogP contribution in [-0.2, 0) is 0 Å². The number of hydrogen-bond acceptors (Lipinski definition) is 5. The summed E-state index contributed by atoms with van der Waals surface area (Å²) in [6.07, 6.45) is 1.17. The highest BCUT2D eigenvalue weighted by Gasteiger charge is 2.23. The summed E-state index contributed by atoms with van der Waals surface area (Å²) in [6, 6.07) is 2.42. The Labute approximate surface area is 115 Å². The smallest absolute Gasteiger partial charge is 0.338 e. The third-order valence-electron chi connectivity index (χ3n) is 2.58. The molecule has 0 bridgehead atoms. The van der Waals surface area contributed by atoms with Gasteiger partial charge in [0.15, 0.2) is 0 Å². The topological polar surface area (TPSA) is 141 Å². The van der Waals surface area contributed by atoms with Crippen molar-refractivity contribution in [1.82, 2.24) is 9.78 Å². The van der Waals surface area contributed by atoms with E-state index < -0.39 is 33.9 Å². The van der Waals surface area contributed by atoms with E-state index in [9.17, 15) is 24.1 Å². The van der Waals surface area contributed by atoms with Crippen molar-refractivity contribution in [3.8, 4) is 5.69 Å². The van der Waals surface area contributed by atoms with Crippen molar-refractivity contribution in [2.45, 2.75) is 0 Å². The van der Waals surface area contributed by atoms with E-state index in [1.165, 1.54) is 12.3 Å². The van der Waals surface area contributed by atoms with Gasteiger partial charge in [-0.15, -0.1) is 0 Å². The Hall–Kier alpha value is -3.30. The van der Waals surface area contributed by atoms with Gasteiger partial charge in [0.1, 0.15) is 17.2 Å². The summed E-state index contributed by atoms with van der Waals surface area (Å²) in [5.74, 6) is -3.71. The largest absolute Gasteiger partial charge is 0.478 e. The molecule has 1 aromatic heterocycles. The molecule has 10 heteroatoms. The lowest BCUT2D eigenvalue weighted by Gasteiger charge is -2.05. The molecule has 0 radical (unpaired) electrons. The summed E-state index contributed by atoms with van der Waals surface area (Å²) in [4.78, 5) is 31.9. The number of aromatic carboxylic acids is 1. The monoisotopic (exact) mass is 294 g/mol. The number of benzene rings is 1. The van der Waals surface area contributed by atoms with Crippen molar-refractivity contribution < 1.29 is 24.0 Å². The highest BCUT2D eigenvalue weighted by molar-refractivity contribution is 5.91. The first-order valence-corrected chi connectivity index (χ1v) is 5.38. The Balaban J connectivity index is 2.69. The number of hydrogen-bond donors (Lipinski definition) is 2. The summed E-state index contributed by atoms with van der Waals surface area (Å²) in [5.41, 5.74) is 3.07. The Morgan fingerprint density at radius 1 is 1.43 bits per heavy atom. The fourth-order valence-corrected chi connectivity index (χ4v) is 1.63. The maximum absolute atomic E-state index is 13.5. The van der Waals surface area contributed by atoms with Crippen molar-refractivity contribution in [2.75, 3.05) is 0 Å². The summed E-state index contributed by atoms with van der Waals surface area (Å²) in [7, 11) is 0. The summed E-state index contributed by atoms with van der Waals surface area (Å²) < 4.78 is 14.4. The van der Waals surface area contributed by atoms with Crippen LogP contribution in [0.2, 0.25) is 0 Å². The van der Waals surface area contributed by atoms with Gasteiger partial charge < -0.3 is 10.8 Å². The summed E-state index contributed by atoms with van der Waals surface area (Å²) >= 11 is 0. The minimum atomic E-state index is -1.59. The van der Waals surface area contributed by atoms with E-state index in [0.717, 1.165) is 10.7 Å². The number of halogens is 1. The van der Waals surface area contributed by atoms with Crippen LogP contribution in [0.4, 0.5) is 10.1 Å². The molecule has 9 nitrogen and oxygen atoms in total. The molecule has 21 heavy (non-hydrogen) atoms. The lowest BCUT2D eigenvalue weighted by molar-refractivity contribution is -0.384. The number of amides is 1. The number of carboxylic acid groups (broad SMARTS) is 1. The number of nitrogens with zero attached hydrogens (tertiary/aromatic N) is 3. The minimum Gasteiger partial charge on any atom is -0.478 e. The second-order valence-corrected chi connectivity index (χ2v) is 3.89. The molecule has 1 heterocycles. The molecule has 0 unspecified atom stereocenters. The number of nitro groups is 1. The standard InChI is InChI=1S/C11H7FN4O5/c12-6-4-9(16(20)21)8(3-5(6)11(18)19)15-2-1-7(14-15)10(13)17/h1-4H,(H2,13,17)(H,18,19). The van der Waals surface area contributed by atoms with Crippen molar-refractivity contribution in [3.05, 3.63) is 51.6 Å². The second-order valence-electron chi connectivity index (χ2n) is 3.89. The van der Waals surface area contributed by atoms with E-state index >= 15 is 0 Å². The zero-order valence-electron chi connectivity index (χ0n) is 10.2. The van der Waals surface area contributed by atoms with E-state index in [2.05, 4.69) is 5.10 Å². The van der Waals surface area contributed by atoms with Gasteiger partial charge in [-0.25, -0.2) is 13.9 Å². The minimum absolute atomic E-state index is 0.175. The second kappa shape index (κ2) is 5.00. The molecule has 3 N–H and O–H groups in total. The Morgan fingerprint density at radius 3 is 2.57 bits per heavy atom. The average molecular weight is 294 g/mol. The molecule has 0 fully saturated rings. The number of nitrogens with two attached hydrogens (primary N) is 1. The number of nitro benzene ring substituents is 1. The van der Waals surface area contributed by atoms with Gasteiger partial charge in [0.2, 0.25) is 0 Å². The van der Waals surface area contributed by atoms with E-state index in [1.54, 1.807) is 0 Å². The SMILES string of the molecule is NC(=O)c1ccn(-c2cc(C(=O)O)c(F)cc2[N+](=O)[O-])n1. The van der Waals surface area contributed by atoms with Crippen molar-refractivity contribution in [3.63, 3.8) is 0 Å².